The van der Waals surface area contributed by atoms with Crippen molar-refractivity contribution in [3.05, 3.63) is 52.2 Å². The van der Waals surface area contributed by atoms with Gasteiger partial charge in [-0.15, -0.1) is 11.3 Å². The Morgan fingerprint density at radius 1 is 1.04 bits per heavy atom. The topological polar surface area (TPSA) is 44.4 Å². The van der Waals surface area contributed by atoms with Gasteiger partial charge in [0.05, 0.1) is 0 Å². The smallest absolute Gasteiger partial charge is 0.225 e. The van der Waals surface area contributed by atoms with Gasteiger partial charge in [0, 0.05) is 36.6 Å². The van der Waals surface area contributed by atoms with Crippen LogP contribution < -0.4 is 10.6 Å². The number of hydrogen-bond acceptors (Lipinski definition) is 4. The Morgan fingerprint density at radius 2 is 1.84 bits per heavy atom. The molecule has 0 bridgehead atoms. The van der Waals surface area contributed by atoms with E-state index in [1.54, 1.807) is 11.3 Å². The predicted octanol–water partition coefficient (Wildman–Crippen LogP) is 3.85. The zero-order chi connectivity index (χ0) is 17.3. The second-order valence-corrected chi connectivity index (χ2v) is 7.61. The van der Waals surface area contributed by atoms with Crippen LogP contribution in [0.5, 0.6) is 0 Å². The Balaban J connectivity index is 1.37. The van der Waals surface area contributed by atoms with E-state index in [0.29, 0.717) is 6.42 Å². The van der Waals surface area contributed by atoms with Crippen molar-refractivity contribution in [2.75, 3.05) is 25.0 Å². The van der Waals surface area contributed by atoms with E-state index in [0.717, 1.165) is 38.4 Å². The number of rotatable bonds is 8. The zero-order valence-corrected chi connectivity index (χ0v) is 15.5. The summed E-state index contributed by atoms with van der Waals surface area (Å²) in [7, 11) is 0. The Kier molecular flexibility index (Phi) is 7.03. The minimum atomic E-state index is 0.106. The zero-order valence-electron chi connectivity index (χ0n) is 14.7. The molecule has 0 spiro atoms. The molecule has 0 unspecified atom stereocenters. The van der Waals surface area contributed by atoms with Crippen molar-refractivity contribution in [1.29, 1.82) is 0 Å². The highest BCUT2D eigenvalue weighted by Crippen LogP contribution is 2.12. The number of piperidine rings is 1. The van der Waals surface area contributed by atoms with Crippen LogP contribution in [0.3, 0.4) is 0 Å². The van der Waals surface area contributed by atoms with Crippen LogP contribution in [-0.2, 0) is 17.9 Å². The molecule has 2 aromatic rings. The quantitative estimate of drug-likeness (QED) is 0.754. The number of benzene rings is 1. The number of nitrogens with one attached hydrogen (secondary N) is 2. The monoisotopic (exact) mass is 357 g/mol. The van der Waals surface area contributed by atoms with Crippen LogP contribution in [0.25, 0.3) is 0 Å². The summed E-state index contributed by atoms with van der Waals surface area (Å²) in [4.78, 5) is 15.8. The maximum Gasteiger partial charge on any atom is 0.225 e. The maximum atomic E-state index is 12.1. The van der Waals surface area contributed by atoms with Crippen molar-refractivity contribution in [3.63, 3.8) is 0 Å². The molecular weight excluding hydrogens is 330 g/mol. The van der Waals surface area contributed by atoms with E-state index in [1.807, 2.05) is 12.1 Å². The highest BCUT2D eigenvalue weighted by atomic mass is 32.1. The predicted molar refractivity (Wildman–Crippen MR) is 105 cm³/mol. The highest BCUT2D eigenvalue weighted by molar-refractivity contribution is 7.09. The van der Waals surface area contributed by atoms with Gasteiger partial charge in [-0.1, -0.05) is 24.6 Å². The molecule has 3 rings (SSSR count). The summed E-state index contributed by atoms with van der Waals surface area (Å²) >= 11 is 1.77. The summed E-state index contributed by atoms with van der Waals surface area (Å²) in [6.45, 7) is 4.88. The number of likely N-dealkylation sites (tertiary alicyclic amines) is 1. The Bertz CT molecular complexity index is 633. The first-order valence-corrected chi connectivity index (χ1v) is 10.0. The molecule has 1 aliphatic rings. The summed E-state index contributed by atoms with van der Waals surface area (Å²) in [6, 6.07) is 12.3. The van der Waals surface area contributed by atoms with Crippen molar-refractivity contribution in [2.24, 2.45) is 0 Å². The largest absolute Gasteiger partial charge is 0.326 e. The molecule has 2 N–H and O–H groups in total. The number of nitrogens with zero attached hydrogens (tertiary/aromatic N) is 1. The molecule has 0 aliphatic carbocycles. The van der Waals surface area contributed by atoms with Crippen LogP contribution in [0.15, 0.2) is 41.8 Å². The van der Waals surface area contributed by atoms with Crippen LogP contribution in [0, 0.1) is 0 Å². The van der Waals surface area contributed by atoms with Crippen molar-refractivity contribution in [3.8, 4) is 0 Å². The third-order valence-electron chi connectivity index (χ3n) is 4.55. The van der Waals surface area contributed by atoms with Gasteiger partial charge in [-0.05, 0) is 55.1 Å². The van der Waals surface area contributed by atoms with Gasteiger partial charge in [-0.2, -0.15) is 0 Å². The molecule has 1 fully saturated rings. The molecule has 1 saturated heterocycles. The molecule has 2 heterocycles. The Morgan fingerprint density at radius 3 is 2.56 bits per heavy atom. The first-order valence-electron chi connectivity index (χ1n) is 9.14. The van der Waals surface area contributed by atoms with Gasteiger partial charge in [0.25, 0.3) is 0 Å². The number of carbonyl (C=O) groups excluding carboxylic acids is 1. The van der Waals surface area contributed by atoms with E-state index in [1.165, 1.54) is 29.7 Å². The Hall–Kier alpha value is -1.69. The lowest BCUT2D eigenvalue weighted by molar-refractivity contribution is -0.116. The van der Waals surface area contributed by atoms with E-state index >= 15 is 0 Å². The molecule has 0 saturated carbocycles. The van der Waals surface area contributed by atoms with Crippen molar-refractivity contribution in [2.45, 2.75) is 38.8 Å². The first kappa shape index (κ1) is 18.1. The first-order chi connectivity index (χ1) is 12.3. The van der Waals surface area contributed by atoms with Gasteiger partial charge in [-0.3, -0.25) is 4.79 Å². The third-order valence-corrected chi connectivity index (χ3v) is 5.43. The third kappa shape index (κ3) is 6.27. The molecule has 134 valence electrons. The number of anilines is 1. The van der Waals surface area contributed by atoms with Crippen LogP contribution in [0.4, 0.5) is 5.69 Å². The molecule has 4 nitrogen and oxygen atoms in total. The van der Waals surface area contributed by atoms with Crippen molar-refractivity contribution < 1.29 is 4.79 Å². The average Bonchev–Trinajstić information content (AvgIpc) is 3.16. The van der Waals surface area contributed by atoms with Gasteiger partial charge < -0.3 is 15.5 Å². The molecule has 0 radical (unpaired) electrons. The Labute approximate surface area is 154 Å². The standard InChI is InChI=1S/C20H27N3OS/c24-20(10-13-23-11-2-1-3-12-23)22-18-8-6-17(7-9-18)15-21-16-19-5-4-14-25-19/h4-9,14,21H,1-3,10-13,15-16H2,(H,22,24). The van der Waals surface area contributed by atoms with Gasteiger partial charge in [0.1, 0.15) is 0 Å². The van der Waals surface area contributed by atoms with Gasteiger partial charge in [0.15, 0.2) is 0 Å². The average molecular weight is 358 g/mol. The van der Waals surface area contributed by atoms with Crippen LogP contribution >= 0.6 is 11.3 Å². The summed E-state index contributed by atoms with van der Waals surface area (Å²) in [6.07, 6.45) is 4.44. The van der Waals surface area contributed by atoms with Crippen molar-refractivity contribution in [1.82, 2.24) is 10.2 Å². The van der Waals surface area contributed by atoms with E-state index in [9.17, 15) is 4.79 Å². The van der Waals surface area contributed by atoms with E-state index in [4.69, 9.17) is 0 Å². The van der Waals surface area contributed by atoms with Crippen LogP contribution in [-0.4, -0.2) is 30.4 Å². The number of thiophene rings is 1. The second kappa shape index (κ2) is 9.70. The van der Waals surface area contributed by atoms with Gasteiger partial charge in [0.2, 0.25) is 5.91 Å². The summed E-state index contributed by atoms with van der Waals surface area (Å²) in [5, 5.41) is 8.54. The highest BCUT2D eigenvalue weighted by Gasteiger charge is 2.11. The maximum absolute atomic E-state index is 12.1. The van der Waals surface area contributed by atoms with Gasteiger partial charge in [-0.25, -0.2) is 0 Å². The fourth-order valence-corrected chi connectivity index (χ4v) is 3.79. The fourth-order valence-electron chi connectivity index (χ4n) is 3.12. The molecule has 1 aromatic heterocycles. The summed E-state index contributed by atoms with van der Waals surface area (Å²) in [5.41, 5.74) is 2.11. The molecule has 1 amide bonds. The normalized spacial score (nSPS) is 15.2. The minimum absolute atomic E-state index is 0.106. The molecule has 25 heavy (non-hydrogen) atoms. The molecule has 0 atom stereocenters. The molecule has 1 aliphatic heterocycles. The number of carbonyl (C=O) groups is 1. The lowest BCUT2D eigenvalue weighted by atomic mass is 10.1. The SMILES string of the molecule is O=C(CCN1CCCCC1)Nc1ccc(CNCc2cccs2)cc1. The second-order valence-electron chi connectivity index (χ2n) is 6.58. The van der Waals surface area contributed by atoms with Gasteiger partial charge >= 0.3 is 0 Å². The fraction of sp³-hybridized carbons (Fsp3) is 0.450. The molecular formula is C20H27N3OS. The van der Waals surface area contributed by atoms with Crippen LogP contribution in [0.2, 0.25) is 0 Å². The number of amides is 1. The summed E-state index contributed by atoms with van der Waals surface area (Å²) < 4.78 is 0. The van der Waals surface area contributed by atoms with Crippen LogP contribution in [0.1, 0.15) is 36.1 Å². The lowest BCUT2D eigenvalue weighted by Gasteiger charge is -2.25. The minimum Gasteiger partial charge on any atom is -0.326 e. The molecule has 5 heteroatoms. The number of hydrogen-bond donors (Lipinski definition) is 2. The summed E-state index contributed by atoms with van der Waals surface area (Å²) in [5.74, 6) is 0.106. The van der Waals surface area contributed by atoms with E-state index in [2.05, 4.69) is 45.2 Å². The van der Waals surface area contributed by atoms with Crippen molar-refractivity contribution >= 4 is 22.9 Å². The lowest BCUT2D eigenvalue weighted by Crippen LogP contribution is -2.32. The molecule has 1 aromatic carbocycles. The van der Waals surface area contributed by atoms with E-state index < -0.39 is 0 Å². The van der Waals surface area contributed by atoms with E-state index in [-0.39, 0.29) is 5.91 Å².